The SMILES string of the molecule is CC12CC3CC(C)(C1)CC(CC(N)CCC1CC1)(C3)C2. The van der Waals surface area contributed by atoms with E-state index in [0.29, 0.717) is 22.3 Å². The molecule has 5 rings (SSSR count). The molecular formula is C19H33N. The van der Waals surface area contributed by atoms with Gasteiger partial charge in [0, 0.05) is 6.04 Å². The normalized spacial score (nSPS) is 51.5. The fraction of sp³-hybridized carbons (Fsp3) is 1.00. The van der Waals surface area contributed by atoms with Gasteiger partial charge in [0.25, 0.3) is 0 Å². The van der Waals surface area contributed by atoms with Crippen molar-refractivity contribution in [3.8, 4) is 0 Å². The molecule has 5 aliphatic rings. The highest BCUT2D eigenvalue weighted by atomic mass is 14.7. The van der Waals surface area contributed by atoms with Crippen LogP contribution in [0.25, 0.3) is 0 Å². The van der Waals surface area contributed by atoms with E-state index in [9.17, 15) is 0 Å². The summed E-state index contributed by atoms with van der Waals surface area (Å²) in [5.41, 5.74) is 8.50. The van der Waals surface area contributed by atoms with Crippen molar-refractivity contribution >= 4 is 0 Å². The van der Waals surface area contributed by atoms with Gasteiger partial charge in [0.15, 0.2) is 0 Å². The Kier molecular flexibility index (Phi) is 2.89. The van der Waals surface area contributed by atoms with Gasteiger partial charge in [-0.3, -0.25) is 0 Å². The minimum absolute atomic E-state index is 0.485. The maximum atomic E-state index is 6.56. The van der Waals surface area contributed by atoms with E-state index in [2.05, 4.69) is 13.8 Å². The van der Waals surface area contributed by atoms with Crippen molar-refractivity contribution in [3.05, 3.63) is 0 Å². The summed E-state index contributed by atoms with van der Waals surface area (Å²) in [6.45, 7) is 5.17. The molecule has 2 N–H and O–H groups in total. The van der Waals surface area contributed by atoms with Crippen LogP contribution in [0.15, 0.2) is 0 Å². The molecule has 0 aromatic rings. The maximum Gasteiger partial charge on any atom is 0.00442 e. The van der Waals surface area contributed by atoms with Crippen LogP contribution >= 0.6 is 0 Å². The smallest absolute Gasteiger partial charge is 0.00442 e. The molecule has 3 atom stereocenters. The Hall–Kier alpha value is -0.0400. The Morgan fingerprint density at radius 2 is 1.65 bits per heavy atom. The van der Waals surface area contributed by atoms with Crippen molar-refractivity contribution in [2.45, 2.75) is 90.5 Å². The first-order valence-corrected chi connectivity index (χ1v) is 9.13. The third-order valence-corrected chi connectivity index (χ3v) is 7.08. The van der Waals surface area contributed by atoms with Crippen LogP contribution in [-0.2, 0) is 0 Å². The Labute approximate surface area is 125 Å². The first-order valence-electron chi connectivity index (χ1n) is 9.13. The third-order valence-electron chi connectivity index (χ3n) is 7.08. The monoisotopic (exact) mass is 275 g/mol. The molecule has 0 radical (unpaired) electrons. The molecule has 20 heavy (non-hydrogen) atoms. The van der Waals surface area contributed by atoms with Gasteiger partial charge in [0.2, 0.25) is 0 Å². The highest BCUT2D eigenvalue weighted by Gasteiger charge is 2.59. The Bertz CT molecular complexity index is 379. The lowest BCUT2D eigenvalue weighted by atomic mass is 9.39. The van der Waals surface area contributed by atoms with Gasteiger partial charge in [-0.05, 0) is 85.9 Å². The van der Waals surface area contributed by atoms with Crippen LogP contribution < -0.4 is 5.73 Å². The van der Waals surface area contributed by atoms with Crippen LogP contribution in [0.3, 0.4) is 0 Å². The van der Waals surface area contributed by atoms with Crippen molar-refractivity contribution in [3.63, 3.8) is 0 Å². The van der Waals surface area contributed by atoms with Crippen LogP contribution in [-0.4, -0.2) is 6.04 Å². The number of nitrogens with two attached hydrogens (primary N) is 1. The minimum atomic E-state index is 0.485. The van der Waals surface area contributed by atoms with Gasteiger partial charge in [0.05, 0.1) is 0 Å². The van der Waals surface area contributed by atoms with E-state index < -0.39 is 0 Å². The highest BCUT2D eigenvalue weighted by molar-refractivity contribution is 5.10. The zero-order valence-corrected chi connectivity index (χ0v) is 13.6. The number of rotatable bonds is 5. The van der Waals surface area contributed by atoms with Gasteiger partial charge in [-0.15, -0.1) is 0 Å². The summed E-state index contributed by atoms with van der Waals surface area (Å²) in [4.78, 5) is 0. The van der Waals surface area contributed by atoms with E-state index in [1.54, 1.807) is 0 Å². The van der Waals surface area contributed by atoms with Gasteiger partial charge < -0.3 is 5.73 Å². The average Bonchev–Trinajstić information content (AvgIpc) is 3.03. The van der Waals surface area contributed by atoms with Crippen molar-refractivity contribution < 1.29 is 0 Å². The molecule has 0 aromatic carbocycles. The molecule has 114 valence electrons. The Balaban J connectivity index is 1.45. The predicted octanol–water partition coefficient (Wildman–Crippen LogP) is 4.89. The molecule has 0 aliphatic heterocycles. The lowest BCUT2D eigenvalue weighted by Crippen LogP contribution is -2.56. The van der Waals surface area contributed by atoms with Crippen LogP contribution in [0.2, 0.25) is 0 Å². The summed E-state index contributed by atoms with van der Waals surface area (Å²) in [7, 11) is 0. The van der Waals surface area contributed by atoms with Crippen LogP contribution in [0, 0.1) is 28.1 Å². The fourth-order valence-electron chi connectivity index (χ4n) is 7.43. The second-order valence-electron chi connectivity index (χ2n) is 10.1. The van der Waals surface area contributed by atoms with E-state index in [4.69, 9.17) is 5.73 Å². The minimum Gasteiger partial charge on any atom is -0.328 e. The van der Waals surface area contributed by atoms with Gasteiger partial charge >= 0.3 is 0 Å². The number of hydrogen-bond donors (Lipinski definition) is 1. The topological polar surface area (TPSA) is 26.0 Å². The second-order valence-corrected chi connectivity index (χ2v) is 10.1. The molecule has 0 amide bonds. The van der Waals surface area contributed by atoms with Gasteiger partial charge in [-0.2, -0.15) is 0 Å². The molecule has 0 aromatic heterocycles. The number of hydrogen-bond acceptors (Lipinski definition) is 1. The zero-order chi connectivity index (χ0) is 14.0. The molecule has 1 heteroatoms. The van der Waals surface area contributed by atoms with Crippen LogP contribution in [0.1, 0.15) is 84.5 Å². The summed E-state index contributed by atoms with van der Waals surface area (Å²) >= 11 is 0. The van der Waals surface area contributed by atoms with Crippen LogP contribution in [0.4, 0.5) is 0 Å². The lowest BCUT2D eigenvalue weighted by molar-refractivity contribution is -0.149. The summed E-state index contributed by atoms with van der Waals surface area (Å²) in [5, 5.41) is 0. The molecule has 0 saturated heterocycles. The zero-order valence-electron chi connectivity index (χ0n) is 13.6. The summed E-state index contributed by atoms with van der Waals surface area (Å²) in [5.74, 6) is 2.07. The van der Waals surface area contributed by atoms with Crippen LogP contribution in [0.5, 0.6) is 0 Å². The molecule has 0 spiro atoms. The molecule has 1 nitrogen and oxygen atoms in total. The average molecular weight is 275 g/mol. The summed E-state index contributed by atoms with van der Waals surface area (Å²) in [6, 6.07) is 0.485. The van der Waals surface area contributed by atoms with Gasteiger partial charge in [-0.25, -0.2) is 0 Å². The second kappa shape index (κ2) is 4.24. The molecule has 5 fully saturated rings. The molecule has 3 unspecified atom stereocenters. The molecule has 5 saturated carbocycles. The van der Waals surface area contributed by atoms with Crippen molar-refractivity contribution in [1.29, 1.82) is 0 Å². The molecule has 0 heterocycles. The van der Waals surface area contributed by atoms with E-state index in [-0.39, 0.29) is 0 Å². The Morgan fingerprint density at radius 3 is 2.20 bits per heavy atom. The molecule has 5 aliphatic carbocycles. The Morgan fingerprint density at radius 1 is 1.00 bits per heavy atom. The lowest BCUT2D eigenvalue weighted by Gasteiger charge is -2.66. The highest BCUT2D eigenvalue weighted by Crippen LogP contribution is 2.70. The summed E-state index contributed by atoms with van der Waals surface area (Å²) in [6.07, 6.45) is 16.0. The van der Waals surface area contributed by atoms with Crippen molar-refractivity contribution in [1.82, 2.24) is 0 Å². The van der Waals surface area contributed by atoms with E-state index in [0.717, 1.165) is 11.8 Å². The van der Waals surface area contributed by atoms with Gasteiger partial charge in [0.1, 0.15) is 0 Å². The largest absolute Gasteiger partial charge is 0.328 e. The standard InChI is InChI=1S/C19H33N/c1-17-7-15-8-18(2,11-17)13-19(9-15,12-17)10-16(20)6-5-14-3-4-14/h14-16H,3-13,20H2,1-2H3. The fourth-order valence-corrected chi connectivity index (χ4v) is 7.43. The first kappa shape index (κ1) is 13.6. The molecular weight excluding hydrogens is 242 g/mol. The van der Waals surface area contributed by atoms with E-state index in [1.165, 1.54) is 70.6 Å². The van der Waals surface area contributed by atoms with E-state index in [1.807, 2.05) is 0 Å². The first-order chi connectivity index (χ1) is 9.38. The van der Waals surface area contributed by atoms with Crippen molar-refractivity contribution in [2.24, 2.45) is 33.8 Å². The van der Waals surface area contributed by atoms with Gasteiger partial charge in [-0.1, -0.05) is 26.7 Å². The summed E-state index contributed by atoms with van der Waals surface area (Å²) < 4.78 is 0. The quantitative estimate of drug-likeness (QED) is 0.759. The maximum absolute atomic E-state index is 6.56. The van der Waals surface area contributed by atoms with Crippen molar-refractivity contribution in [2.75, 3.05) is 0 Å². The third kappa shape index (κ3) is 2.45. The predicted molar refractivity (Wildman–Crippen MR) is 84.4 cm³/mol. The molecule has 4 bridgehead atoms. The van der Waals surface area contributed by atoms with E-state index >= 15 is 0 Å².